The Bertz CT molecular complexity index is 589. The van der Waals surface area contributed by atoms with E-state index in [1.165, 1.54) is 18.1 Å². The van der Waals surface area contributed by atoms with Crippen molar-refractivity contribution in [2.24, 2.45) is 0 Å². The van der Waals surface area contributed by atoms with E-state index in [1.807, 2.05) is 0 Å². The lowest BCUT2D eigenvalue weighted by Gasteiger charge is -2.33. The normalized spacial score (nSPS) is 15.4. The number of benzene rings is 1. The number of amides is 1. The van der Waals surface area contributed by atoms with Gasteiger partial charge in [-0.3, -0.25) is 15.0 Å². The Hall–Kier alpha value is -2.06. The molecule has 9 heteroatoms. The molecular formula is C13H16ClN3O5. The highest BCUT2D eigenvalue weighted by atomic mass is 35.5. The maximum atomic E-state index is 11.7. The predicted molar refractivity (Wildman–Crippen MR) is 81.1 cm³/mol. The average molecular weight is 330 g/mol. The molecule has 120 valence electrons. The largest absolute Gasteiger partial charge is 0.494 e. The summed E-state index contributed by atoms with van der Waals surface area (Å²) in [5, 5.41) is 23.5. The topological polar surface area (TPSA) is 105 Å². The van der Waals surface area contributed by atoms with Gasteiger partial charge < -0.3 is 15.2 Å². The summed E-state index contributed by atoms with van der Waals surface area (Å²) in [5.74, 6) is 0.108. The first-order valence-electron chi connectivity index (χ1n) is 6.70. The molecule has 1 amide bonds. The van der Waals surface area contributed by atoms with Crippen molar-refractivity contribution < 1.29 is 19.6 Å². The van der Waals surface area contributed by atoms with Gasteiger partial charge in [0, 0.05) is 6.04 Å². The molecule has 2 N–H and O–H groups in total. The van der Waals surface area contributed by atoms with Crippen molar-refractivity contribution in [1.29, 1.82) is 0 Å². The summed E-state index contributed by atoms with van der Waals surface area (Å²) >= 11 is 5.91. The first kappa shape index (κ1) is 16.3. The summed E-state index contributed by atoms with van der Waals surface area (Å²) in [4.78, 5) is 23.1. The van der Waals surface area contributed by atoms with Crippen LogP contribution >= 0.6 is 11.6 Å². The minimum atomic E-state index is -1.14. The van der Waals surface area contributed by atoms with Crippen molar-refractivity contribution in [3.63, 3.8) is 0 Å². The van der Waals surface area contributed by atoms with E-state index >= 15 is 0 Å². The van der Waals surface area contributed by atoms with Gasteiger partial charge in [-0.1, -0.05) is 11.6 Å². The number of nitro groups is 1. The van der Waals surface area contributed by atoms with E-state index in [2.05, 4.69) is 5.32 Å². The van der Waals surface area contributed by atoms with Gasteiger partial charge in [0.05, 0.1) is 23.8 Å². The molecule has 1 aliphatic rings. The van der Waals surface area contributed by atoms with Crippen LogP contribution in [0.25, 0.3) is 0 Å². The quantitative estimate of drug-likeness (QED) is 0.649. The second kappa shape index (κ2) is 6.80. The maximum absolute atomic E-state index is 11.7. The van der Waals surface area contributed by atoms with E-state index in [9.17, 15) is 20.0 Å². The highest BCUT2D eigenvalue weighted by Gasteiger charge is 2.30. The molecule has 0 atom stereocenters. The van der Waals surface area contributed by atoms with E-state index in [-0.39, 0.29) is 28.2 Å². The molecule has 0 aromatic heterocycles. The number of nitrogens with zero attached hydrogens (tertiary/aromatic N) is 2. The number of carboxylic acid groups (broad SMARTS) is 1. The molecule has 1 saturated heterocycles. The number of rotatable bonds is 4. The molecule has 0 bridgehead atoms. The van der Waals surface area contributed by atoms with Gasteiger partial charge in [-0.05, 0) is 32.0 Å². The minimum Gasteiger partial charge on any atom is -0.494 e. The highest BCUT2D eigenvalue weighted by molar-refractivity contribution is 6.33. The molecule has 8 nitrogen and oxygen atoms in total. The van der Waals surface area contributed by atoms with Gasteiger partial charge in [0.15, 0.2) is 0 Å². The molecule has 0 saturated carbocycles. The van der Waals surface area contributed by atoms with Crippen LogP contribution in [0.2, 0.25) is 5.02 Å². The van der Waals surface area contributed by atoms with Gasteiger partial charge in [0.1, 0.15) is 10.8 Å². The van der Waals surface area contributed by atoms with Gasteiger partial charge in [-0.25, -0.2) is 4.79 Å². The zero-order valence-corrected chi connectivity index (χ0v) is 12.7. The Morgan fingerprint density at radius 1 is 1.50 bits per heavy atom. The summed E-state index contributed by atoms with van der Waals surface area (Å²) in [6.45, 7) is 1.41. The summed E-state index contributed by atoms with van der Waals surface area (Å²) in [6.07, 6.45) is 0.142. The average Bonchev–Trinajstić information content (AvgIpc) is 2.48. The molecule has 0 radical (unpaired) electrons. The predicted octanol–water partition coefficient (Wildman–Crippen LogP) is 2.49. The van der Waals surface area contributed by atoms with Gasteiger partial charge in [-0.15, -0.1) is 0 Å². The van der Waals surface area contributed by atoms with Crippen molar-refractivity contribution in [2.45, 2.75) is 18.9 Å². The molecule has 1 aliphatic heterocycles. The molecule has 0 unspecified atom stereocenters. The summed E-state index contributed by atoms with van der Waals surface area (Å²) in [6, 6.07) is 2.19. The van der Waals surface area contributed by atoms with Gasteiger partial charge in [-0.2, -0.15) is 0 Å². The van der Waals surface area contributed by atoms with Crippen LogP contribution in [0.5, 0.6) is 5.75 Å². The monoisotopic (exact) mass is 329 g/mol. The third kappa shape index (κ3) is 3.23. The number of piperidine rings is 1. The van der Waals surface area contributed by atoms with Gasteiger partial charge >= 0.3 is 6.09 Å². The van der Waals surface area contributed by atoms with Crippen molar-refractivity contribution in [2.75, 3.05) is 25.1 Å². The van der Waals surface area contributed by atoms with Crippen LogP contribution in [0.1, 0.15) is 12.8 Å². The van der Waals surface area contributed by atoms with Crippen LogP contribution in [-0.4, -0.2) is 42.4 Å². The second-order valence-corrected chi connectivity index (χ2v) is 5.27. The van der Waals surface area contributed by atoms with E-state index in [4.69, 9.17) is 16.3 Å². The van der Waals surface area contributed by atoms with Crippen molar-refractivity contribution >= 4 is 29.1 Å². The second-order valence-electron chi connectivity index (χ2n) is 4.87. The Morgan fingerprint density at radius 2 is 2.14 bits per heavy atom. The smallest absolute Gasteiger partial charge is 0.412 e. The fourth-order valence-corrected chi connectivity index (χ4v) is 2.77. The lowest BCUT2D eigenvalue weighted by molar-refractivity contribution is -0.384. The van der Waals surface area contributed by atoms with Crippen LogP contribution in [0.4, 0.5) is 16.2 Å². The van der Waals surface area contributed by atoms with Crippen LogP contribution in [0.3, 0.4) is 0 Å². The van der Waals surface area contributed by atoms with E-state index < -0.39 is 11.0 Å². The van der Waals surface area contributed by atoms with Crippen molar-refractivity contribution in [1.82, 2.24) is 5.32 Å². The number of anilines is 1. The Kier molecular flexibility index (Phi) is 5.04. The van der Waals surface area contributed by atoms with Crippen LogP contribution in [0, 0.1) is 10.1 Å². The molecule has 1 heterocycles. The summed E-state index contributed by atoms with van der Waals surface area (Å²) in [5.41, 5.74) is -0.101. The number of ether oxygens (including phenoxy) is 1. The molecular weight excluding hydrogens is 314 g/mol. The Morgan fingerprint density at radius 3 is 2.64 bits per heavy atom. The van der Waals surface area contributed by atoms with Crippen molar-refractivity contribution in [3.8, 4) is 5.75 Å². The van der Waals surface area contributed by atoms with Crippen molar-refractivity contribution in [3.05, 3.63) is 27.3 Å². The lowest BCUT2D eigenvalue weighted by atomic mass is 10.0. The van der Waals surface area contributed by atoms with Crippen LogP contribution in [0.15, 0.2) is 12.1 Å². The number of methoxy groups -OCH3 is 1. The molecule has 22 heavy (non-hydrogen) atoms. The van der Waals surface area contributed by atoms with E-state index in [0.717, 1.165) is 6.07 Å². The lowest BCUT2D eigenvalue weighted by Crippen LogP contribution is -2.46. The standard InChI is InChI=1S/C13H16ClN3O5/c1-22-12-7-10(17(20)21)9(14)6-11(12)16(13(18)19)8-2-4-15-5-3-8/h6-8,15H,2-5H2,1H3,(H,18,19). The minimum absolute atomic E-state index is 0.108. The molecule has 2 rings (SSSR count). The van der Waals surface area contributed by atoms with Crippen LogP contribution < -0.4 is 15.0 Å². The number of hydrogen-bond donors (Lipinski definition) is 2. The Labute approximate surface area is 131 Å². The van der Waals surface area contributed by atoms with Gasteiger partial charge in [0.25, 0.3) is 5.69 Å². The van der Waals surface area contributed by atoms with E-state index in [0.29, 0.717) is 25.9 Å². The number of nitro benzene ring substituents is 1. The molecule has 0 aliphatic carbocycles. The number of nitrogens with one attached hydrogen (secondary N) is 1. The SMILES string of the molecule is COc1cc([N+](=O)[O-])c(Cl)cc1N(C(=O)O)C1CCNCC1. The van der Waals surface area contributed by atoms with Gasteiger partial charge in [0.2, 0.25) is 0 Å². The summed E-state index contributed by atoms with van der Waals surface area (Å²) in [7, 11) is 1.33. The fourth-order valence-electron chi connectivity index (χ4n) is 2.54. The fraction of sp³-hybridized carbons (Fsp3) is 0.462. The molecule has 1 aromatic rings. The summed E-state index contributed by atoms with van der Waals surface area (Å²) < 4.78 is 5.13. The first-order chi connectivity index (χ1) is 10.5. The number of halogens is 1. The van der Waals surface area contributed by atoms with E-state index in [1.54, 1.807) is 0 Å². The zero-order valence-electron chi connectivity index (χ0n) is 11.9. The Balaban J connectivity index is 2.48. The zero-order chi connectivity index (χ0) is 16.3. The number of carbonyl (C=O) groups is 1. The molecule has 1 fully saturated rings. The molecule has 1 aromatic carbocycles. The highest BCUT2D eigenvalue weighted by Crippen LogP contribution is 2.39. The maximum Gasteiger partial charge on any atom is 0.412 e. The third-order valence-electron chi connectivity index (χ3n) is 3.58. The first-order valence-corrected chi connectivity index (χ1v) is 7.08. The third-order valence-corrected chi connectivity index (χ3v) is 3.89. The molecule has 0 spiro atoms. The van der Waals surface area contributed by atoms with Crippen LogP contribution in [-0.2, 0) is 0 Å². The number of hydrogen-bond acceptors (Lipinski definition) is 5.